The van der Waals surface area contributed by atoms with Crippen LogP contribution in [0.2, 0.25) is 0 Å². The number of carbonyl (C=O) groups excluding carboxylic acids is 3. The summed E-state index contributed by atoms with van der Waals surface area (Å²) in [5.41, 5.74) is 6.22. The Labute approximate surface area is 205 Å². The van der Waals surface area contributed by atoms with Gasteiger partial charge in [0.1, 0.15) is 18.1 Å². The van der Waals surface area contributed by atoms with E-state index in [0.29, 0.717) is 17.9 Å². The number of thioether (sulfide) groups is 1. The largest absolute Gasteiger partial charge is 0.481 e. The first-order chi connectivity index (χ1) is 16.5. The van der Waals surface area contributed by atoms with E-state index in [1.165, 1.54) is 31.2 Å². The van der Waals surface area contributed by atoms with Crippen LogP contribution < -0.4 is 21.7 Å². The van der Waals surface area contributed by atoms with Gasteiger partial charge in [0.2, 0.25) is 17.7 Å². The van der Waals surface area contributed by atoms with Gasteiger partial charge in [0.15, 0.2) is 0 Å². The van der Waals surface area contributed by atoms with E-state index in [2.05, 4.69) is 25.9 Å². The minimum Gasteiger partial charge on any atom is -0.481 e. The van der Waals surface area contributed by atoms with Gasteiger partial charge >= 0.3 is 11.9 Å². The van der Waals surface area contributed by atoms with E-state index >= 15 is 0 Å². The number of aliphatic hydroxyl groups is 1. The molecule has 1 rings (SSSR count). The van der Waals surface area contributed by atoms with Gasteiger partial charge < -0.3 is 42.0 Å². The quantitative estimate of drug-likeness (QED) is 0.117. The highest BCUT2D eigenvalue weighted by molar-refractivity contribution is 7.98. The van der Waals surface area contributed by atoms with Crippen LogP contribution >= 0.6 is 11.8 Å². The number of carbonyl (C=O) groups is 5. The highest BCUT2D eigenvalue weighted by atomic mass is 32.2. The smallest absolute Gasteiger partial charge is 0.326 e. The van der Waals surface area contributed by atoms with Crippen molar-refractivity contribution in [1.82, 2.24) is 25.9 Å². The zero-order chi connectivity index (χ0) is 26.5. The number of rotatable bonds is 16. The van der Waals surface area contributed by atoms with Gasteiger partial charge in [-0.25, -0.2) is 9.78 Å². The Morgan fingerprint density at radius 1 is 1.06 bits per heavy atom. The number of hydrogen-bond acceptors (Lipinski definition) is 9. The molecule has 1 heterocycles. The highest BCUT2D eigenvalue weighted by Crippen LogP contribution is 2.05. The molecule has 3 amide bonds. The normalized spacial score (nSPS) is 15.2. The first-order valence-corrected chi connectivity index (χ1v) is 12.1. The van der Waals surface area contributed by atoms with E-state index in [1.807, 2.05) is 6.26 Å². The number of aliphatic hydroxyl groups excluding tert-OH is 1. The molecule has 1 aromatic rings. The van der Waals surface area contributed by atoms with Crippen LogP contribution in [0.3, 0.4) is 0 Å². The number of aromatic nitrogens is 2. The molecule has 35 heavy (non-hydrogen) atoms. The Kier molecular flexibility index (Phi) is 12.8. The fourth-order valence-electron chi connectivity index (χ4n) is 2.93. The summed E-state index contributed by atoms with van der Waals surface area (Å²) in [5.74, 6) is -4.60. The SMILES string of the molecule is CSCCC(N)C(=O)NC(C(=O)NC(CCC(=O)O)C(=O)NC(Cc1cnc[nH]1)C(=O)O)C(C)O. The Balaban J connectivity index is 2.95. The van der Waals surface area contributed by atoms with Crippen LogP contribution in [0.4, 0.5) is 0 Å². The van der Waals surface area contributed by atoms with Crippen LogP contribution in [0.25, 0.3) is 0 Å². The van der Waals surface area contributed by atoms with Gasteiger partial charge in [-0.05, 0) is 31.8 Å². The lowest BCUT2D eigenvalue weighted by atomic mass is 10.1. The molecule has 196 valence electrons. The number of aromatic amines is 1. The summed E-state index contributed by atoms with van der Waals surface area (Å²) in [5, 5.41) is 35.4. The fraction of sp³-hybridized carbons (Fsp3) is 0.600. The lowest BCUT2D eigenvalue weighted by molar-refractivity contribution is -0.143. The summed E-state index contributed by atoms with van der Waals surface area (Å²) in [6, 6.07) is -5.26. The van der Waals surface area contributed by atoms with E-state index < -0.39 is 66.4 Å². The molecule has 5 unspecified atom stereocenters. The monoisotopic (exact) mass is 516 g/mol. The number of imidazole rings is 1. The minimum atomic E-state index is -1.48. The first kappa shape index (κ1) is 29.9. The summed E-state index contributed by atoms with van der Waals surface area (Å²) < 4.78 is 0. The van der Waals surface area contributed by atoms with Crippen LogP contribution in [0.15, 0.2) is 12.5 Å². The number of nitrogens with two attached hydrogens (primary N) is 1. The van der Waals surface area contributed by atoms with Crippen molar-refractivity contribution in [3.63, 3.8) is 0 Å². The van der Waals surface area contributed by atoms with Gasteiger partial charge in [-0.15, -0.1) is 0 Å². The third kappa shape index (κ3) is 10.7. The molecule has 9 N–H and O–H groups in total. The van der Waals surface area contributed by atoms with Gasteiger partial charge in [0, 0.05) is 24.7 Å². The minimum absolute atomic E-state index is 0.138. The summed E-state index contributed by atoms with van der Waals surface area (Å²) in [4.78, 5) is 67.0. The molecule has 0 aliphatic heterocycles. The van der Waals surface area contributed by atoms with Crippen molar-refractivity contribution >= 4 is 41.4 Å². The molecule has 0 spiro atoms. The second-order valence-electron chi connectivity index (χ2n) is 7.79. The number of carboxylic acids is 2. The molecule has 0 aromatic carbocycles. The van der Waals surface area contributed by atoms with Crippen LogP contribution in [0.5, 0.6) is 0 Å². The Bertz CT molecular complexity index is 866. The van der Waals surface area contributed by atoms with Crippen molar-refractivity contribution in [2.75, 3.05) is 12.0 Å². The number of nitrogens with one attached hydrogen (secondary N) is 4. The lowest BCUT2D eigenvalue weighted by Gasteiger charge is -2.26. The number of H-pyrrole nitrogens is 1. The van der Waals surface area contributed by atoms with Gasteiger partial charge in [-0.1, -0.05) is 0 Å². The van der Waals surface area contributed by atoms with Crippen LogP contribution in [-0.4, -0.2) is 97.2 Å². The maximum Gasteiger partial charge on any atom is 0.326 e. The molecule has 0 saturated heterocycles. The second-order valence-corrected chi connectivity index (χ2v) is 8.77. The van der Waals surface area contributed by atoms with Crippen LogP contribution in [0.1, 0.15) is 31.9 Å². The molecular formula is C20H32N6O8S. The molecule has 0 saturated carbocycles. The number of hydrogen-bond donors (Lipinski definition) is 8. The predicted molar refractivity (Wildman–Crippen MR) is 125 cm³/mol. The Hall–Kier alpha value is -3.17. The number of nitrogens with zero attached hydrogens (tertiary/aromatic N) is 1. The van der Waals surface area contributed by atoms with Crippen molar-refractivity contribution in [3.8, 4) is 0 Å². The molecule has 5 atom stereocenters. The third-order valence-corrected chi connectivity index (χ3v) is 5.55. The summed E-state index contributed by atoms with van der Waals surface area (Å²) >= 11 is 1.48. The van der Waals surface area contributed by atoms with Crippen LogP contribution in [-0.2, 0) is 30.4 Å². The summed E-state index contributed by atoms with van der Waals surface area (Å²) in [6.45, 7) is 1.25. The molecule has 1 aromatic heterocycles. The average Bonchev–Trinajstić information content (AvgIpc) is 3.30. The maximum atomic E-state index is 12.8. The molecule has 0 radical (unpaired) electrons. The summed E-state index contributed by atoms with van der Waals surface area (Å²) in [7, 11) is 0. The molecule has 0 bridgehead atoms. The molecular weight excluding hydrogens is 484 g/mol. The zero-order valence-electron chi connectivity index (χ0n) is 19.4. The highest BCUT2D eigenvalue weighted by Gasteiger charge is 2.32. The van der Waals surface area contributed by atoms with Crippen molar-refractivity contribution in [1.29, 1.82) is 0 Å². The van der Waals surface area contributed by atoms with Crippen molar-refractivity contribution in [2.24, 2.45) is 5.73 Å². The predicted octanol–water partition coefficient (Wildman–Crippen LogP) is -2.18. The van der Waals surface area contributed by atoms with E-state index in [4.69, 9.17) is 10.8 Å². The van der Waals surface area contributed by atoms with E-state index in [1.54, 1.807) is 0 Å². The van der Waals surface area contributed by atoms with Gasteiger partial charge in [0.25, 0.3) is 0 Å². The van der Waals surface area contributed by atoms with Gasteiger partial charge in [0.05, 0.1) is 18.5 Å². The topological polar surface area (TPSA) is 237 Å². The molecule has 0 fully saturated rings. The molecule has 0 aliphatic carbocycles. The lowest BCUT2D eigenvalue weighted by Crippen LogP contribution is -2.60. The Morgan fingerprint density at radius 2 is 1.71 bits per heavy atom. The number of amides is 3. The summed E-state index contributed by atoms with van der Waals surface area (Å²) in [6.07, 6.45) is 2.50. The average molecular weight is 517 g/mol. The molecule has 0 aliphatic rings. The Morgan fingerprint density at radius 3 is 2.23 bits per heavy atom. The fourth-order valence-corrected chi connectivity index (χ4v) is 3.42. The van der Waals surface area contributed by atoms with Crippen molar-refractivity contribution in [3.05, 3.63) is 18.2 Å². The van der Waals surface area contributed by atoms with Gasteiger partial charge in [-0.3, -0.25) is 19.2 Å². The molecule has 14 nitrogen and oxygen atoms in total. The van der Waals surface area contributed by atoms with E-state index in [0.717, 1.165) is 0 Å². The number of carboxylic acid groups (broad SMARTS) is 2. The van der Waals surface area contributed by atoms with Crippen LogP contribution in [0, 0.1) is 0 Å². The van der Waals surface area contributed by atoms with Crippen molar-refractivity contribution < 1.29 is 39.3 Å². The first-order valence-electron chi connectivity index (χ1n) is 10.7. The van der Waals surface area contributed by atoms with Crippen molar-refractivity contribution in [2.45, 2.75) is 62.9 Å². The number of aliphatic carboxylic acids is 2. The zero-order valence-corrected chi connectivity index (χ0v) is 20.2. The molecule has 15 heteroatoms. The maximum absolute atomic E-state index is 12.8. The van der Waals surface area contributed by atoms with E-state index in [-0.39, 0.29) is 12.8 Å². The van der Waals surface area contributed by atoms with Gasteiger partial charge in [-0.2, -0.15) is 11.8 Å². The second kappa shape index (κ2) is 15.0. The third-order valence-electron chi connectivity index (χ3n) is 4.91. The van der Waals surface area contributed by atoms with E-state index in [9.17, 15) is 34.2 Å². The standard InChI is InChI=1S/C20H32N6O8S/c1-10(27)16(26-17(30)12(21)5-6-35-2)19(32)24-13(3-4-15(28)29)18(31)25-14(20(33)34)7-11-8-22-9-23-11/h8-10,12-14,16,27H,3-7,21H2,1-2H3,(H,22,23)(H,24,32)(H,25,31)(H,26,30)(H,28,29)(H,33,34).